The second-order valence-corrected chi connectivity index (χ2v) is 8.53. The lowest BCUT2D eigenvalue weighted by atomic mass is 9.49. The first-order valence-corrected chi connectivity index (χ1v) is 9.33. The number of amides is 1. The number of aromatic nitrogens is 1. The molecule has 0 aliphatic heterocycles. The summed E-state index contributed by atoms with van der Waals surface area (Å²) in [5.74, 6) is 3.51. The Morgan fingerprint density at radius 2 is 1.67 bits per heavy atom. The first kappa shape index (κ1) is 14.4. The molecular formula is C21H24N2O. The Morgan fingerprint density at radius 3 is 2.38 bits per heavy atom. The Balaban J connectivity index is 1.32. The summed E-state index contributed by atoms with van der Waals surface area (Å²) in [4.78, 5) is 17.3. The Kier molecular flexibility index (Phi) is 3.19. The van der Waals surface area contributed by atoms with Crippen LogP contribution in [0.1, 0.15) is 44.9 Å². The van der Waals surface area contributed by atoms with Crippen LogP contribution in [0, 0.1) is 23.2 Å². The molecule has 3 nitrogen and oxygen atoms in total. The number of hydrogen-bond acceptors (Lipinski definition) is 2. The first-order chi connectivity index (χ1) is 11.7. The molecule has 24 heavy (non-hydrogen) atoms. The normalized spacial score (nSPS) is 33.8. The molecule has 4 bridgehead atoms. The van der Waals surface area contributed by atoms with Crippen LogP contribution >= 0.6 is 0 Å². The lowest BCUT2D eigenvalue weighted by Crippen LogP contribution is -2.47. The zero-order chi connectivity index (χ0) is 16.1. The molecule has 1 aromatic heterocycles. The average Bonchev–Trinajstić information content (AvgIpc) is 2.52. The van der Waals surface area contributed by atoms with Crippen molar-refractivity contribution in [2.45, 2.75) is 44.9 Å². The Hall–Kier alpha value is -1.90. The molecule has 0 radical (unpaired) electrons. The van der Waals surface area contributed by atoms with Gasteiger partial charge in [-0.1, -0.05) is 18.2 Å². The molecule has 1 N–H and O–H groups in total. The van der Waals surface area contributed by atoms with Gasteiger partial charge >= 0.3 is 0 Å². The summed E-state index contributed by atoms with van der Waals surface area (Å²) in [6.07, 6.45) is 8.78. The minimum Gasteiger partial charge on any atom is -0.311 e. The molecule has 0 saturated heterocycles. The van der Waals surface area contributed by atoms with Crippen molar-refractivity contribution in [3.63, 3.8) is 0 Å². The monoisotopic (exact) mass is 320 g/mol. The number of carbonyl (C=O) groups excluding carboxylic acids is 1. The summed E-state index contributed by atoms with van der Waals surface area (Å²) >= 11 is 0. The molecular weight excluding hydrogens is 296 g/mol. The minimum atomic E-state index is 0.153. The zero-order valence-corrected chi connectivity index (χ0v) is 14.0. The molecule has 124 valence electrons. The number of carbonyl (C=O) groups is 1. The highest BCUT2D eigenvalue weighted by Crippen LogP contribution is 2.61. The SMILES string of the molecule is O=C(CC12CC3CC(CC(C3)C1)C2)Nc1ccc2ccccc2n1. The summed E-state index contributed by atoms with van der Waals surface area (Å²) in [5.41, 5.74) is 1.22. The summed E-state index contributed by atoms with van der Waals surface area (Å²) in [6, 6.07) is 12.0. The number of pyridine rings is 1. The number of fused-ring (bicyclic) bond motifs is 1. The highest BCUT2D eigenvalue weighted by Gasteiger charge is 2.51. The lowest BCUT2D eigenvalue weighted by Gasteiger charge is -2.56. The van der Waals surface area contributed by atoms with Gasteiger partial charge in [-0.05, 0) is 79.9 Å². The average molecular weight is 320 g/mol. The highest BCUT2D eigenvalue weighted by atomic mass is 16.1. The quantitative estimate of drug-likeness (QED) is 0.884. The molecule has 3 heteroatoms. The number of benzene rings is 1. The molecule has 4 aliphatic carbocycles. The fraction of sp³-hybridized carbons (Fsp3) is 0.524. The van der Waals surface area contributed by atoms with Gasteiger partial charge in [-0.2, -0.15) is 0 Å². The van der Waals surface area contributed by atoms with Crippen molar-refractivity contribution in [1.82, 2.24) is 4.98 Å². The smallest absolute Gasteiger partial charge is 0.226 e. The third-order valence-corrected chi connectivity index (χ3v) is 6.57. The molecule has 6 rings (SSSR count). The van der Waals surface area contributed by atoms with Crippen molar-refractivity contribution in [1.29, 1.82) is 0 Å². The van der Waals surface area contributed by atoms with Gasteiger partial charge < -0.3 is 5.32 Å². The molecule has 0 unspecified atom stereocenters. The van der Waals surface area contributed by atoms with E-state index < -0.39 is 0 Å². The zero-order valence-electron chi connectivity index (χ0n) is 14.0. The van der Waals surface area contributed by atoms with Gasteiger partial charge in [-0.15, -0.1) is 0 Å². The Labute approximate surface area is 142 Å². The van der Waals surface area contributed by atoms with Gasteiger partial charge in [-0.25, -0.2) is 4.98 Å². The van der Waals surface area contributed by atoms with Crippen molar-refractivity contribution in [3.8, 4) is 0 Å². The van der Waals surface area contributed by atoms with Crippen LogP contribution in [0.15, 0.2) is 36.4 Å². The Morgan fingerprint density at radius 1 is 1.00 bits per heavy atom. The van der Waals surface area contributed by atoms with E-state index >= 15 is 0 Å². The van der Waals surface area contributed by atoms with E-state index in [0.29, 0.717) is 12.2 Å². The minimum absolute atomic E-state index is 0.153. The van der Waals surface area contributed by atoms with Gasteiger partial charge in [0.05, 0.1) is 5.52 Å². The molecule has 1 aromatic carbocycles. The summed E-state index contributed by atoms with van der Waals surface area (Å²) in [6.45, 7) is 0. The van der Waals surface area contributed by atoms with Crippen LogP contribution in [-0.2, 0) is 4.79 Å². The summed E-state index contributed by atoms with van der Waals surface area (Å²) in [5, 5.41) is 4.17. The van der Waals surface area contributed by atoms with E-state index in [1.807, 2.05) is 36.4 Å². The summed E-state index contributed by atoms with van der Waals surface area (Å²) in [7, 11) is 0. The van der Waals surface area contributed by atoms with Crippen LogP contribution in [0.4, 0.5) is 5.82 Å². The van der Waals surface area contributed by atoms with E-state index in [0.717, 1.165) is 28.7 Å². The second kappa shape index (κ2) is 5.30. The van der Waals surface area contributed by atoms with Crippen LogP contribution in [-0.4, -0.2) is 10.9 Å². The number of nitrogens with zero attached hydrogens (tertiary/aromatic N) is 1. The number of nitrogens with one attached hydrogen (secondary N) is 1. The van der Waals surface area contributed by atoms with E-state index in [2.05, 4.69) is 10.3 Å². The molecule has 4 saturated carbocycles. The van der Waals surface area contributed by atoms with Gasteiger partial charge in [0.1, 0.15) is 5.82 Å². The third-order valence-electron chi connectivity index (χ3n) is 6.57. The van der Waals surface area contributed by atoms with E-state index in [-0.39, 0.29) is 11.3 Å². The van der Waals surface area contributed by atoms with Crippen LogP contribution in [0.2, 0.25) is 0 Å². The highest BCUT2D eigenvalue weighted by molar-refractivity contribution is 5.91. The molecule has 0 atom stereocenters. The topological polar surface area (TPSA) is 42.0 Å². The molecule has 2 aromatic rings. The molecule has 1 heterocycles. The number of hydrogen-bond donors (Lipinski definition) is 1. The number of anilines is 1. The third kappa shape index (κ3) is 2.51. The van der Waals surface area contributed by atoms with Crippen LogP contribution in [0.5, 0.6) is 0 Å². The maximum absolute atomic E-state index is 12.7. The van der Waals surface area contributed by atoms with E-state index in [4.69, 9.17) is 0 Å². The fourth-order valence-electron chi connectivity index (χ4n) is 6.17. The van der Waals surface area contributed by atoms with Crippen LogP contribution in [0.25, 0.3) is 10.9 Å². The van der Waals surface area contributed by atoms with Gasteiger partial charge in [0.25, 0.3) is 0 Å². The molecule has 0 spiro atoms. The van der Waals surface area contributed by atoms with Gasteiger partial charge in [0.2, 0.25) is 5.91 Å². The van der Waals surface area contributed by atoms with Crippen LogP contribution in [0.3, 0.4) is 0 Å². The van der Waals surface area contributed by atoms with Gasteiger partial charge in [0, 0.05) is 11.8 Å². The maximum Gasteiger partial charge on any atom is 0.226 e. The van der Waals surface area contributed by atoms with E-state index in [1.54, 1.807) is 0 Å². The van der Waals surface area contributed by atoms with Crippen molar-refractivity contribution >= 4 is 22.6 Å². The molecule has 4 aliphatic rings. The van der Waals surface area contributed by atoms with Crippen molar-refractivity contribution in [2.75, 3.05) is 5.32 Å². The van der Waals surface area contributed by atoms with Crippen molar-refractivity contribution < 1.29 is 4.79 Å². The standard InChI is InChI=1S/C21H24N2O/c24-20(23-19-6-5-17-3-1-2-4-18(17)22-19)13-21-10-14-7-15(11-21)9-16(8-14)12-21/h1-6,14-16H,7-13H2,(H,22,23,24). The predicted molar refractivity (Wildman–Crippen MR) is 95.6 cm³/mol. The predicted octanol–water partition coefficient (Wildman–Crippen LogP) is 4.78. The Bertz CT molecular complexity index is 762. The van der Waals surface area contributed by atoms with E-state index in [9.17, 15) is 4.79 Å². The largest absolute Gasteiger partial charge is 0.311 e. The maximum atomic E-state index is 12.7. The second-order valence-electron chi connectivity index (χ2n) is 8.53. The molecule has 4 fully saturated rings. The summed E-state index contributed by atoms with van der Waals surface area (Å²) < 4.78 is 0. The van der Waals surface area contributed by atoms with E-state index in [1.165, 1.54) is 38.5 Å². The van der Waals surface area contributed by atoms with Gasteiger partial charge in [0.15, 0.2) is 0 Å². The van der Waals surface area contributed by atoms with Crippen LogP contribution < -0.4 is 5.32 Å². The fourth-order valence-corrected chi connectivity index (χ4v) is 6.17. The number of rotatable bonds is 3. The first-order valence-electron chi connectivity index (χ1n) is 9.33. The van der Waals surface area contributed by atoms with Gasteiger partial charge in [-0.3, -0.25) is 4.79 Å². The van der Waals surface area contributed by atoms with Crippen molar-refractivity contribution in [2.24, 2.45) is 23.2 Å². The molecule has 1 amide bonds. The lowest BCUT2D eigenvalue weighted by molar-refractivity contribution is -0.124. The van der Waals surface area contributed by atoms with Crippen molar-refractivity contribution in [3.05, 3.63) is 36.4 Å². The number of para-hydroxylation sites is 1.